The Morgan fingerprint density at radius 3 is 2.33 bits per heavy atom. The number of nitrogens with one attached hydrogen (secondary N) is 1. The number of hydrogen-bond acceptors (Lipinski definition) is 4. The second kappa shape index (κ2) is 8.84. The fraction of sp³-hybridized carbons (Fsp3) is 0.160. The van der Waals surface area contributed by atoms with Gasteiger partial charge in [-0.3, -0.25) is 4.79 Å². The normalized spacial score (nSPS) is 11.9. The van der Waals surface area contributed by atoms with Crippen molar-refractivity contribution < 1.29 is 14.3 Å². The second-order valence-electron chi connectivity index (χ2n) is 7.03. The molecule has 1 atom stereocenters. The van der Waals surface area contributed by atoms with Crippen LogP contribution in [0.5, 0.6) is 11.5 Å². The zero-order valence-electron chi connectivity index (χ0n) is 16.8. The Hall–Kier alpha value is -3.57. The van der Waals surface area contributed by atoms with Gasteiger partial charge in [-0.2, -0.15) is 0 Å². The van der Waals surface area contributed by atoms with E-state index in [-0.39, 0.29) is 5.97 Å². The lowest BCUT2D eigenvalue weighted by Gasteiger charge is -2.12. The van der Waals surface area contributed by atoms with E-state index in [2.05, 4.69) is 4.98 Å². The summed E-state index contributed by atoms with van der Waals surface area (Å²) in [6.07, 6.45) is 0.389. The third-order valence-corrected chi connectivity index (χ3v) is 4.95. The Bertz CT molecular complexity index is 1130. The first-order chi connectivity index (χ1) is 14.7. The number of H-pyrrole nitrogens is 1. The van der Waals surface area contributed by atoms with E-state index >= 15 is 0 Å². The van der Waals surface area contributed by atoms with E-state index in [9.17, 15) is 4.79 Å². The van der Waals surface area contributed by atoms with E-state index in [1.165, 1.54) is 0 Å². The van der Waals surface area contributed by atoms with Gasteiger partial charge in [0.1, 0.15) is 17.5 Å². The summed E-state index contributed by atoms with van der Waals surface area (Å²) in [4.78, 5) is 15.6. The molecule has 0 radical (unpaired) electrons. The molecule has 5 nitrogen and oxygen atoms in total. The van der Waals surface area contributed by atoms with E-state index in [0.29, 0.717) is 13.0 Å². The Balaban J connectivity index is 1.65. The van der Waals surface area contributed by atoms with Gasteiger partial charge in [-0.1, -0.05) is 36.4 Å². The van der Waals surface area contributed by atoms with Crippen molar-refractivity contribution in [2.24, 2.45) is 5.73 Å². The molecule has 1 aromatic heterocycles. The molecule has 0 aliphatic heterocycles. The number of carbonyl (C=O) groups excluding carboxylic acids is 1. The molecule has 3 aromatic carbocycles. The highest BCUT2D eigenvalue weighted by molar-refractivity contribution is 5.91. The molecular formula is C25H24N2O3. The van der Waals surface area contributed by atoms with Crippen LogP contribution in [0.2, 0.25) is 0 Å². The maximum atomic E-state index is 12.1. The number of fused-ring (bicyclic) bond motifs is 1. The first-order valence-electron chi connectivity index (χ1n) is 10.0. The van der Waals surface area contributed by atoms with Crippen molar-refractivity contribution in [3.05, 3.63) is 84.4 Å². The van der Waals surface area contributed by atoms with E-state index in [1.807, 2.05) is 78.9 Å². The van der Waals surface area contributed by atoms with E-state index in [4.69, 9.17) is 15.2 Å². The number of carbonyl (C=O) groups is 1. The molecule has 4 rings (SSSR count). The summed E-state index contributed by atoms with van der Waals surface area (Å²) in [7, 11) is 0. The van der Waals surface area contributed by atoms with Crippen molar-refractivity contribution in [3.63, 3.8) is 0 Å². The van der Waals surface area contributed by atoms with Crippen LogP contribution >= 0.6 is 0 Å². The van der Waals surface area contributed by atoms with Crippen molar-refractivity contribution in [1.29, 1.82) is 0 Å². The second-order valence-corrected chi connectivity index (χ2v) is 7.03. The fourth-order valence-corrected chi connectivity index (χ4v) is 3.53. The summed E-state index contributed by atoms with van der Waals surface area (Å²) < 4.78 is 11.0. The minimum Gasteiger partial charge on any atom is -0.465 e. The minimum absolute atomic E-state index is 0.316. The number of aromatic amines is 1. The highest BCUT2D eigenvalue weighted by Crippen LogP contribution is 2.33. The third kappa shape index (κ3) is 4.21. The van der Waals surface area contributed by atoms with Gasteiger partial charge in [0.15, 0.2) is 0 Å². The quantitative estimate of drug-likeness (QED) is 0.425. The first-order valence-corrected chi connectivity index (χ1v) is 10.0. The Labute approximate surface area is 175 Å². The van der Waals surface area contributed by atoms with Gasteiger partial charge in [0.05, 0.1) is 6.61 Å². The molecule has 5 heteroatoms. The van der Waals surface area contributed by atoms with Crippen LogP contribution in [-0.4, -0.2) is 23.6 Å². The highest BCUT2D eigenvalue weighted by Gasteiger charge is 2.21. The van der Waals surface area contributed by atoms with Gasteiger partial charge in [-0.15, -0.1) is 0 Å². The van der Waals surface area contributed by atoms with Gasteiger partial charge >= 0.3 is 5.97 Å². The third-order valence-electron chi connectivity index (χ3n) is 4.95. The summed E-state index contributed by atoms with van der Waals surface area (Å²) in [5.74, 6) is 1.16. The molecule has 0 aliphatic carbocycles. The summed E-state index contributed by atoms with van der Waals surface area (Å²) >= 11 is 0. The van der Waals surface area contributed by atoms with Crippen LogP contribution in [0.15, 0.2) is 78.9 Å². The van der Waals surface area contributed by atoms with Crippen molar-refractivity contribution in [2.75, 3.05) is 6.61 Å². The number of esters is 1. The monoisotopic (exact) mass is 400 g/mol. The van der Waals surface area contributed by atoms with Crippen LogP contribution in [0.3, 0.4) is 0 Å². The molecule has 1 heterocycles. The SMILES string of the molecule is CCOC(=O)C(N)Cc1c(-c2ccc(Oc3ccccc3)cc2)[nH]c2ccccc12. The van der Waals surface area contributed by atoms with Crippen LogP contribution in [0.1, 0.15) is 12.5 Å². The number of aromatic nitrogens is 1. The van der Waals surface area contributed by atoms with Crippen LogP contribution in [0.4, 0.5) is 0 Å². The molecule has 0 bridgehead atoms. The Morgan fingerprint density at radius 2 is 1.60 bits per heavy atom. The lowest BCUT2D eigenvalue weighted by molar-refractivity contribution is -0.144. The molecule has 0 fully saturated rings. The van der Waals surface area contributed by atoms with Crippen LogP contribution in [0.25, 0.3) is 22.2 Å². The van der Waals surface area contributed by atoms with Gasteiger partial charge in [0, 0.05) is 23.0 Å². The van der Waals surface area contributed by atoms with Crippen molar-refractivity contribution >= 4 is 16.9 Å². The summed E-state index contributed by atoms with van der Waals surface area (Å²) in [6, 6.07) is 24.8. The van der Waals surface area contributed by atoms with Crippen LogP contribution < -0.4 is 10.5 Å². The lowest BCUT2D eigenvalue weighted by Crippen LogP contribution is -2.34. The molecule has 1 unspecified atom stereocenters. The van der Waals surface area contributed by atoms with E-state index in [1.54, 1.807) is 6.92 Å². The van der Waals surface area contributed by atoms with Gasteiger partial charge < -0.3 is 20.2 Å². The number of ether oxygens (including phenoxy) is 2. The average molecular weight is 400 g/mol. The molecule has 30 heavy (non-hydrogen) atoms. The number of hydrogen-bond donors (Lipinski definition) is 2. The molecule has 3 N–H and O–H groups in total. The molecule has 0 amide bonds. The smallest absolute Gasteiger partial charge is 0.323 e. The molecule has 0 saturated heterocycles. The molecule has 152 valence electrons. The predicted octanol–water partition coefficient (Wildman–Crippen LogP) is 5.06. The van der Waals surface area contributed by atoms with Crippen LogP contribution in [-0.2, 0) is 16.0 Å². The lowest BCUT2D eigenvalue weighted by atomic mass is 9.99. The van der Waals surface area contributed by atoms with E-state index in [0.717, 1.165) is 39.2 Å². The summed E-state index contributed by atoms with van der Waals surface area (Å²) in [5, 5.41) is 1.05. The maximum Gasteiger partial charge on any atom is 0.323 e. The molecule has 0 aliphatic rings. The molecular weight excluding hydrogens is 376 g/mol. The zero-order valence-corrected chi connectivity index (χ0v) is 16.8. The highest BCUT2D eigenvalue weighted by atomic mass is 16.5. The maximum absolute atomic E-state index is 12.1. The summed E-state index contributed by atoms with van der Waals surface area (Å²) in [6.45, 7) is 2.09. The Kier molecular flexibility index (Phi) is 5.82. The van der Waals surface area contributed by atoms with Gasteiger partial charge in [-0.25, -0.2) is 0 Å². The summed E-state index contributed by atoms with van der Waals surface area (Å²) in [5.41, 5.74) is 10.1. The number of para-hydroxylation sites is 2. The van der Waals surface area contributed by atoms with Crippen molar-refractivity contribution in [1.82, 2.24) is 4.98 Å². The number of benzene rings is 3. The Morgan fingerprint density at radius 1 is 0.933 bits per heavy atom. The van der Waals surface area contributed by atoms with E-state index < -0.39 is 6.04 Å². The fourth-order valence-electron chi connectivity index (χ4n) is 3.53. The number of rotatable bonds is 7. The standard InChI is InChI=1S/C25H24N2O3/c1-2-29-25(28)22(26)16-21-20-10-6-7-11-23(20)27-24(21)17-12-14-19(15-13-17)30-18-8-4-3-5-9-18/h3-15,22,27H,2,16,26H2,1H3. The number of nitrogens with two attached hydrogens (primary N) is 1. The first kappa shape index (κ1) is 19.7. The van der Waals surface area contributed by atoms with Crippen molar-refractivity contribution in [2.45, 2.75) is 19.4 Å². The van der Waals surface area contributed by atoms with Gasteiger partial charge in [0.25, 0.3) is 0 Å². The zero-order chi connectivity index (χ0) is 20.9. The molecule has 0 saturated carbocycles. The van der Waals surface area contributed by atoms with Gasteiger partial charge in [-0.05, 0) is 60.5 Å². The topological polar surface area (TPSA) is 77.3 Å². The van der Waals surface area contributed by atoms with Gasteiger partial charge in [0.2, 0.25) is 0 Å². The molecule has 4 aromatic rings. The van der Waals surface area contributed by atoms with Crippen LogP contribution in [0, 0.1) is 0 Å². The largest absolute Gasteiger partial charge is 0.465 e. The average Bonchev–Trinajstić information content (AvgIpc) is 3.13. The van der Waals surface area contributed by atoms with Crippen molar-refractivity contribution in [3.8, 4) is 22.8 Å². The minimum atomic E-state index is -0.719. The predicted molar refractivity (Wildman–Crippen MR) is 119 cm³/mol. The molecule has 0 spiro atoms.